The summed E-state index contributed by atoms with van der Waals surface area (Å²) in [6, 6.07) is 6.88. The van der Waals surface area contributed by atoms with Gasteiger partial charge >= 0.3 is 0 Å². The van der Waals surface area contributed by atoms with Gasteiger partial charge in [-0.05, 0) is 49.5 Å². The van der Waals surface area contributed by atoms with Crippen LogP contribution in [0.3, 0.4) is 0 Å². The molecule has 1 spiro atoms. The number of piperidine rings is 1. The second kappa shape index (κ2) is 3.49. The molecule has 2 N–H and O–H groups in total. The molecule has 2 atom stereocenters. The van der Waals surface area contributed by atoms with Crippen molar-refractivity contribution in [3.63, 3.8) is 0 Å². The first kappa shape index (κ1) is 10.2. The predicted octanol–water partition coefficient (Wildman–Crippen LogP) is 2.29. The van der Waals surface area contributed by atoms with E-state index in [1.54, 1.807) is 5.56 Å². The highest BCUT2D eigenvalue weighted by Gasteiger charge is 2.44. The molecule has 1 saturated heterocycles. The lowest BCUT2D eigenvalue weighted by molar-refractivity contribution is 0.238. The molecule has 0 bridgehead atoms. The molecule has 1 aromatic rings. The lowest BCUT2D eigenvalue weighted by Crippen LogP contribution is -2.48. The van der Waals surface area contributed by atoms with Gasteiger partial charge in [0.05, 0.1) is 0 Å². The highest BCUT2D eigenvalue weighted by molar-refractivity contribution is 5.62. The van der Waals surface area contributed by atoms with Gasteiger partial charge in [0.1, 0.15) is 0 Å². The van der Waals surface area contributed by atoms with Crippen molar-refractivity contribution in [3.8, 4) is 0 Å². The number of anilines is 1. The second-order valence-electron chi connectivity index (χ2n) is 5.41. The fraction of sp³-hybridized carbons (Fsp3) is 0.571. The van der Waals surface area contributed by atoms with Crippen LogP contribution in [-0.4, -0.2) is 19.6 Å². The van der Waals surface area contributed by atoms with Crippen LogP contribution < -0.4 is 10.6 Å². The summed E-state index contributed by atoms with van der Waals surface area (Å²) >= 11 is 0. The molecular weight excluding hydrogens is 196 g/mol. The van der Waals surface area contributed by atoms with E-state index in [2.05, 4.69) is 42.7 Å². The Labute approximate surface area is 97.4 Å². The highest BCUT2D eigenvalue weighted by Crippen LogP contribution is 2.45. The van der Waals surface area contributed by atoms with E-state index in [4.69, 9.17) is 0 Å². The molecule has 0 saturated carbocycles. The smallest absolute Gasteiger partial charge is 0.0382 e. The number of aryl methyl sites for hydroxylation is 1. The molecule has 0 unspecified atom stereocenters. The zero-order chi connectivity index (χ0) is 11.2. The van der Waals surface area contributed by atoms with E-state index in [1.807, 2.05) is 0 Å². The number of nitrogens with one attached hydrogen (secondary N) is 2. The highest BCUT2D eigenvalue weighted by atomic mass is 15.0. The summed E-state index contributed by atoms with van der Waals surface area (Å²) in [5, 5.41) is 7.10. The minimum Gasteiger partial charge on any atom is -0.384 e. The zero-order valence-corrected chi connectivity index (χ0v) is 10.1. The normalized spacial score (nSPS) is 32.5. The van der Waals surface area contributed by atoms with Gasteiger partial charge in [0.15, 0.2) is 0 Å². The average Bonchev–Trinajstić information content (AvgIpc) is 2.62. The van der Waals surface area contributed by atoms with Crippen molar-refractivity contribution in [1.29, 1.82) is 0 Å². The molecule has 2 aliphatic heterocycles. The van der Waals surface area contributed by atoms with Crippen molar-refractivity contribution in [1.82, 2.24) is 5.32 Å². The number of hydrogen-bond donors (Lipinski definition) is 2. The van der Waals surface area contributed by atoms with Gasteiger partial charge in [-0.2, -0.15) is 0 Å². The van der Waals surface area contributed by atoms with Crippen LogP contribution in [0.1, 0.15) is 24.5 Å². The van der Waals surface area contributed by atoms with Crippen molar-refractivity contribution < 1.29 is 0 Å². The molecule has 1 aromatic carbocycles. The molecule has 86 valence electrons. The summed E-state index contributed by atoms with van der Waals surface area (Å²) in [5.41, 5.74) is 4.65. The summed E-state index contributed by atoms with van der Waals surface area (Å²) in [6.07, 6.45) is 1.26. The minimum atomic E-state index is 0.383. The SMILES string of the molecule is Cc1ccc2c(c1)NC[C@]21CCNC[C@H]1C. The largest absolute Gasteiger partial charge is 0.384 e. The molecule has 2 heteroatoms. The van der Waals surface area contributed by atoms with Crippen molar-refractivity contribution in [3.05, 3.63) is 29.3 Å². The first-order valence-electron chi connectivity index (χ1n) is 6.28. The van der Waals surface area contributed by atoms with Crippen LogP contribution in [-0.2, 0) is 5.41 Å². The van der Waals surface area contributed by atoms with Crippen molar-refractivity contribution in [2.45, 2.75) is 25.7 Å². The van der Waals surface area contributed by atoms with Crippen molar-refractivity contribution >= 4 is 5.69 Å². The maximum Gasteiger partial charge on any atom is 0.0382 e. The van der Waals surface area contributed by atoms with E-state index in [1.165, 1.54) is 17.7 Å². The van der Waals surface area contributed by atoms with E-state index in [9.17, 15) is 0 Å². The zero-order valence-electron chi connectivity index (χ0n) is 10.1. The number of fused-ring (bicyclic) bond motifs is 2. The third-order valence-electron chi connectivity index (χ3n) is 4.45. The van der Waals surface area contributed by atoms with Crippen LogP contribution in [0.5, 0.6) is 0 Å². The monoisotopic (exact) mass is 216 g/mol. The van der Waals surface area contributed by atoms with Gasteiger partial charge in [-0.15, -0.1) is 0 Å². The molecule has 2 heterocycles. The van der Waals surface area contributed by atoms with Gasteiger partial charge in [0, 0.05) is 17.6 Å². The lowest BCUT2D eigenvalue weighted by Gasteiger charge is -2.40. The van der Waals surface area contributed by atoms with Gasteiger partial charge in [0.2, 0.25) is 0 Å². The van der Waals surface area contributed by atoms with Gasteiger partial charge in [-0.3, -0.25) is 0 Å². The Morgan fingerprint density at radius 2 is 2.25 bits per heavy atom. The van der Waals surface area contributed by atoms with Crippen molar-refractivity contribution in [2.75, 3.05) is 25.0 Å². The van der Waals surface area contributed by atoms with Crippen LogP contribution in [0.15, 0.2) is 18.2 Å². The summed E-state index contributed by atoms with van der Waals surface area (Å²) in [4.78, 5) is 0. The molecule has 0 aromatic heterocycles. The Morgan fingerprint density at radius 3 is 3.06 bits per heavy atom. The molecule has 2 nitrogen and oxygen atoms in total. The Bertz CT molecular complexity index is 413. The fourth-order valence-electron chi connectivity index (χ4n) is 3.32. The van der Waals surface area contributed by atoms with Crippen LogP contribution in [0.25, 0.3) is 0 Å². The minimum absolute atomic E-state index is 0.383. The molecule has 1 fully saturated rings. The van der Waals surface area contributed by atoms with Gasteiger partial charge in [-0.25, -0.2) is 0 Å². The summed E-state index contributed by atoms with van der Waals surface area (Å²) in [5.74, 6) is 0.720. The first-order chi connectivity index (χ1) is 7.72. The van der Waals surface area contributed by atoms with E-state index in [0.29, 0.717) is 5.41 Å². The second-order valence-corrected chi connectivity index (χ2v) is 5.41. The molecule has 0 aliphatic carbocycles. The standard InChI is InChI=1S/C14H20N2/c1-10-3-4-12-13(7-10)16-9-14(12)5-6-15-8-11(14)2/h3-4,7,11,15-16H,5-6,8-9H2,1-2H3/t11-,14+/m1/s1. The summed E-state index contributed by atoms with van der Waals surface area (Å²) in [7, 11) is 0. The fourth-order valence-corrected chi connectivity index (χ4v) is 3.32. The van der Waals surface area contributed by atoms with Gasteiger partial charge in [-0.1, -0.05) is 19.1 Å². The Morgan fingerprint density at radius 1 is 1.38 bits per heavy atom. The molecule has 16 heavy (non-hydrogen) atoms. The Kier molecular flexibility index (Phi) is 2.21. The molecule has 0 amide bonds. The first-order valence-corrected chi connectivity index (χ1v) is 6.28. The maximum absolute atomic E-state index is 3.60. The molecule has 3 rings (SSSR count). The van der Waals surface area contributed by atoms with E-state index < -0.39 is 0 Å². The quantitative estimate of drug-likeness (QED) is 0.695. The van der Waals surface area contributed by atoms with E-state index in [-0.39, 0.29) is 0 Å². The van der Waals surface area contributed by atoms with Gasteiger partial charge < -0.3 is 10.6 Å². The van der Waals surface area contributed by atoms with Crippen LogP contribution in [0, 0.1) is 12.8 Å². The molecule has 2 aliphatic rings. The lowest BCUT2D eigenvalue weighted by atomic mass is 9.68. The maximum atomic E-state index is 3.60. The Hall–Kier alpha value is -1.02. The average molecular weight is 216 g/mol. The van der Waals surface area contributed by atoms with Crippen LogP contribution in [0.2, 0.25) is 0 Å². The van der Waals surface area contributed by atoms with Crippen molar-refractivity contribution in [2.24, 2.45) is 5.92 Å². The summed E-state index contributed by atoms with van der Waals surface area (Å²) < 4.78 is 0. The summed E-state index contributed by atoms with van der Waals surface area (Å²) in [6.45, 7) is 7.96. The molecule has 0 radical (unpaired) electrons. The van der Waals surface area contributed by atoms with E-state index >= 15 is 0 Å². The molecular formula is C14H20N2. The van der Waals surface area contributed by atoms with Crippen LogP contribution >= 0.6 is 0 Å². The topological polar surface area (TPSA) is 24.1 Å². The van der Waals surface area contributed by atoms with E-state index in [0.717, 1.165) is 25.6 Å². The third-order valence-corrected chi connectivity index (χ3v) is 4.45. The number of rotatable bonds is 0. The van der Waals surface area contributed by atoms with Gasteiger partial charge in [0.25, 0.3) is 0 Å². The third kappa shape index (κ3) is 1.29. The van der Waals surface area contributed by atoms with Crippen LogP contribution in [0.4, 0.5) is 5.69 Å². The Balaban J connectivity index is 2.06. The predicted molar refractivity (Wildman–Crippen MR) is 68.0 cm³/mol. The number of hydrogen-bond acceptors (Lipinski definition) is 2. The number of benzene rings is 1.